The first-order chi connectivity index (χ1) is 14.7. The molecule has 2 aliphatic heterocycles. The molecule has 0 aromatic carbocycles. The van der Waals surface area contributed by atoms with E-state index in [0.717, 1.165) is 69.4 Å². The maximum absolute atomic E-state index is 13.0. The summed E-state index contributed by atoms with van der Waals surface area (Å²) in [6, 6.07) is 7.92. The SMILES string of the molecule is COCc1cc(CC2CNCCC2CC(=O)N2CCN(c3ccccn3)CC2)no1. The number of pyridine rings is 1. The summed E-state index contributed by atoms with van der Waals surface area (Å²) >= 11 is 0. The number of nitrogens with zero attached hydrogens (tertiary/aromatic N) is 4. The van der Waals surface area contributed by atoms with Crippen LogP contribution in [0.3, 0.4) is 0 Å². The van der Waals surface area contributed by atoms with E-state index >= 15 is 0 Å². The Morgan fingerprint density at radius 1 is 1.27 bits per heavy atom. The van der Waals surface area contributed by atoms with Gasteiger partial charge in [-0.15, -0.1) is 0 Å². The first-order valence-corrected chi connectivity index (χ1v) is 10.8. The molecule has 0 saturated carbocycles. The lowest BCUT2D eigenvalue weighted by atomic mass is 9.81. The number of aromatic nitrogens is 2. The van der Waals surface area contributed by atoms with Crippen LogP contribution in [0.5, 0.6) is 0 Å². The van der Waals surface area contributed by atoms with Crippen LogP contribution in [0.1, 0.15) is 24.3 Å². The fourth-order valence-corrected chi connectivity index (χ4v) is 4.49. The number of piperazine rings is 1. The van der Waals surface area contributed by atoms with Gasteiger partial charge in [0.25, 0.3) is 0 Å². The largest absolute Gasteiger partial charge is 0.377 e. The van der Waals surface area contributed by atoms with E-state index in [9.17, 15) is 4.79 Å². The van der Waals surface area contributed by atoms with Crippen molar-refractivity contribution < 1.29 is 14.1 Å². The van der Waals surface area contributed by atoms with Crippen LogP contribution in [-0.4, -0.2) is 67.3 Å². The van der Waals surface area contributed by atoms with Gasteiger partial charge in [-0.25, -0.2) is 4.98 Å². The number of anilines is 1. The van der Waals surface area contributed by atoms with Crippen LogP contribution in [0, 0.1) is 11.8 Å². The van der Waals surface area contributed by atoms with Crippen LogP contribution in [-0.2, 0) is 22.6 Å². The zero-order valence-corrected chi connectivity index (χ0v) is 17.6. The number of rotatable bonds is 7. The predicted molar refractivity (Wildman–Crippen MR) is 113 cm³/mol. The Bertz CT molecular complexity index is 804. The van der Waals surface area contributed by atoms with E-state index < -0.39 is 0 Å². The van der Waals surface area contributed by atoms with Gasteiger partial charge in [0.1, 0.15) is 12.4 Å². The van der Waals surface area contributed by atoms with Gasteiger partial charge in [-0.2, -0.15) is 0 Å². The summed E-state index contributed by atoms with van der Waals surface area (Å²) in [5, 5.41) is 7.65. The molecule has 4 heterocycles. The summed E-state index contributed by atoms with van der Waals surface area (Å²) < 4.78 is 10.4. The van der Waals surface area contributed by atoms with Crippen molar-refractivity contribution >= 4 is 11.7 Å². The average molecular weight is 414 g/mol. The van der Waals surface area contributed by atoms with Gasteiger partial charge >= 0.3 is 0 Å². The third kappa shape index (κ3) is 5.17. The van der Waals surface area contributed by atoms with Crippen molar-refractivity contribution in [2.45, 2.75) is 25.9 Å². The van der Waals surface area contributed by atoms with Crippen LogP contribution >= 0.6 is 0 Å². The van der Waals surface area contributed by atoms with Gasteiger partial charge < -0.3 is 24.4 Å². The average Bonchev–Trinajstić information content (AvgIpc) is 3.23. The molecule has 4 rings (SSSR count). The third-order valence-corrected chi connectivity index (χ3v) is 6.17. The molecule has 0 radical (unpaired) electrons. The minimum absolute atomic E-state index is 0.271. The first-order valence-electron chi connectivity index (χ1n) is 10.8. The summed E-state index contributed by atoms with van der Waals surface area (Å²) in [4.78, 5) is 21.7. The number of methoxy groups -OCH3 is 1. The van der Waals surface area contributed by atoms with E-state index in [2.05, 4.69) is 20.4 Å². The van der Waals surface area contributed by atoms with Crippen molar-refractivity contribution in [1.82, 2.24) is 20.4 Å². The molecule has 2 fully saturated rings. The maximum Gasteiger partial charge on any atom is 0.222 e. The van der Waals surface area contributed by atoms with Crippen molar-refractivity contribution in [3.63, 3.8) is 0 Å². The van der Waals surface area contributed by atoms with Crippen molar-refractivity contribution in [3.05, 3.63) is 41.9 Å². The molecule has 2 aliphatic rings. The smallest absolute Gasteiger partial charge is 0.222 e. The minimum atomic E-state index is 0.271. The summed E-state index contributed by atoms with van der Waals surface area (Å²) in [6.07, 6.45) is 4.27. The second-order valence-corrected chi connectivity index (χ2v) is 8.19. The number of hydrogen-bond acceptors (Lipinski definition) is 7. The molecular weight excluding hydrogens is 382 g/mol. The summed E-state index contributed by atoms with van der Waals surface area (Å²) in [5.41, 5.74) is 0.942. The van der Waals surface area contributed by atoms with E-state index in [-0.39, 0.29) is 5.91 Å². The summed E-state index contributed by atoms with van der Waals surface area (Å²) in [7, 11) is 1.64. The Morgan fingerprint density at radius 3 is 2.90 bits per heavy atom. The highest BCUT2D eigenvalue weighted by Gasteiger charge is 2.30. The molecule has 2 aromatic rings. The van der Waals surface area contributed by atoms with Crippen LogP contribution in [0.15, 0.2) is 35.0 Å². The molecule has 2 aromatic heterocycles. The Balaban J connectivity index is 1.30. The number of nitrogens with one attached hydrogen (secondary N) is 1. The molecule has 2 atom stereocenters. The fraction of sp³-hybridized carbons (Fsp3) is 0.591. The molecule has 0 aliphatic carbocycles. The van der Waals surface area contributed by atoms with Gasteiger partial charge in [-0.1, -0.05) is 11.2 Å². The van der Waals surface area contributed by atoms with Crippen LogP contribution in [0.25, 0.3) is 0 Å². The Morgan fingerprint density at radius 2 is 2.13 bits per heavy atom. The lowest BCUT2D eigenvalue weighted by Gasteiger charge is -2.37. The number of amides is 1. The second-order valence-electron chi connectivity index (χ2n) is 8.19. The van der Waals surface area contributed by atoms with Crippen LogP contribution < -0.4 is 10.2 Å². The van der Waals surface area contributed by atoms with Crippen molar-refractivity contribution in [2.75, 3.05) is 51.3 Å². The topological polar surface area (TPSA) is 83.7 Å². The highest BCUT2D eigenvalue weighted by Crippen LogP contribution is 2.27. The number of piperidine rings is 1. The molecule has 2 unspecified atom stereocenters. The number of carbonyl (C=O) groups is 1. The third-order valence-electron chi connectivity index (χ3n) is 6.17. The van der Waals surface area contributed by atoms with E-state index in [1.165, 1.54) is 0 Å². The van der Waals surface area contributed by atoms with Crippen LogP contribution in [0.2, 0.25) is 0 Å². The number of hydrogen-bond donors (Lipinski definition) is 1. The minimum Gasteiger partial charge on any atom is -0.377 e. The van der Waals surface area contributed by atoms with Crippen LogP contribution in [0.4, 0.5) is 5.82 Å². The zero-order chi connectivity index (χ0) is 20.8. The molecule has 0 spiro atoms. The number of carbonyl (C=O) groups excluding carboxylic acids is 1. The zero-order valence-electron chi connectivity index (χ0n) is 17.6. The molecule has 1 N–H and O–H groups in total. The molecule has 1 amide bonds. The first kappa shape index (κ1) is 20.8. The standard InChI is InChI=1S/C22H31N5O3/c1-29-16-20-14-19(25-30-20)12-18-15-23-7-5-17(18)13-22(28)27-10-8-26(9-11-27)21-4-2-3-6-24-21/h2-4,6,14,17-18,23H,5,7-13,15-16H2,1H3. The monoisotopic (exact) mass is 413 g/mol. The molecule has 8 heteroatoms. The number of ether oxygens (including phenoxy) is 1. The highest BCUT2D eigenvalue weighted by molar-refractivity contribution is 5.76. The lowest BCUT2D eigenvalue weighted by Crippen LogP contribution is -2.50. The van der Waals surface area contributed by atoms with E-state index in [4.69, 9.17) is 9.26 Å². The van der Waals surface area contributed by atoms with E-state index in [1.807, 2.05) is 35.4 Å². The molecule has 30 heavy (non-hydrogen) atoms. The molecule has 8 nitrogen and oxygen atoms in total. The quantitative estimate of drug-likeness (QED) is 0.740. The van der Waals surface area contributed by atoms with Gasteiger partial charge in [-0.05, 0) is 49.9 Å². The Labute approximate surface area is 177 Å². The van der Waals surface area contributed by atoms with E-state index in [0.29, 0.717) is 24.9 Å². The Hall–Kier alpha value is -2.45. The van der Waals surface area contributed by atoms with Crippen molar-refractivity contribution in [2.24, 2.45) is 11.8 Å². The highest BCUT2D eigenvalue weighted by atomic mass is 16.5. The van der Waals surface area contributed by atoms with Crippen molar-refractivity contribution in [1.29, 1.82) is 0 Å². The fourth-order valence-electron chi connectivity index (χ4n) is 4.49. The van der Waals surface area contributed by atoms with Gasteiger partial charge in [-0.3, -0.25) is 4.79 Å². The van der Waals surface area contributed by atoms with Gasteiger partial charge in [0, 0.05) is 52.0 Å². The molecular formula is C22H31N5O3. The van der Waals surface area contributed by atoms with Gasteiger partial charge in [0.15, 0.2) is 5.76 Å². The maximum atomic E-state index is 13.0. The summed E-state index contributed by atoms with van der Waals surface area (Å²) in [5.74, 6) is 2.76. The van der Waals surface area contributed by atoms with Gasteiger partial charge in [0.2, 0.25) is 5.91 Å². The lowest BCUT2D eigenvalue weighted by molar-refractivity contribution is -0.133. The molecule has 162 valence electrons. The van der Waals surface area contributed by atoms with E-state index in [1.54, 1.807) is 7.11 Å². The Kier molecular flexibility index (Phi) is 6.96. The molecule has 2 saturated heterocycles. The normalized spacial score (nSPS) is 22.3. The summed E-state index contributed by atoms with van der Waals surface area (Å²) in [6.45, 7) is 5.50. The van der Waals surface area contributed by atoms with Gasteiger partial charge in [0.05, 0.1) is 5.69 Å². The second kappa shape index (κ2) is 10.0. The van der Waals surface area contributed by atoms with Crippen molar-refractivity contribution in [3.8, 4) is 0 Å². The molecule has 0 bridgehead atoms. The predicted octanol–water partition coefficient (Wildman–Crippen LogP) is 1.72.